The second-order valence-corrected chi connectivity index (χ2v) is 7.06. The number of nitrogens with zero attached hydrogens (tertiary/aromatic N) is 2. The average Bonchev–Trinajstić information content (AvgIpc) is 3.03. The third kappa shape index (κ3) is 4.97. The number of carbonyl (C=O) groups excluding carboxylic acids is 1. The van der Waals surface area contributed by atoms with Gasteiger partial charge in [0, 0.05) is 26.2 Å². The molecule has 0 spiro atoms. The summed E-state index contributed by atoms with van der Waals surface area (Å²) in [6.45, 7) is 2.87. The fourth-order valence-corrected chi connectivity index (χ4v) is 3.73. The Labute approximate surface area is 159 Å². The summed E-state index contributed by atoms with van der Waals surface area (Å²) in [6.07, 6.45) is -1.89. The predicted molar refractivity (Wildman–Crippen MR) is 99.2 cm³/mol. The fraction of sp³-hybridized carbons (Fsp3) is 0.632. The van der Waals surface area contributed by atoms with E-state index < -0.39 is 18.3 Å². The van der Waals surface area contributed by atoms with Crippen molar-refractivity contribution < 1.29 is 24.5 Å². The highest BCUT2D eigenvalue weighted by molar-refractivity contribution is 5.74. The van der Waals surface area contributed by atoms with E-state index in [2.05, 4.69) is 5.32 Å². The van der Waals surface area contributed by atoms with Crippen LogP contribution in [0.15, 0.2) is 30.3 Å². The number of hydrogen-bond acceptors (Lipinski definition) is 6. The molecule has 4 atom stereocenters. The zero-order valence-electron chi connectivity index (χ0n) is 15.7. The van der Waals surface area contributed by atoms with E-state index in [1.165, 1.54) is 0 Å². The molecular weight excluding hydrogens is 350 g/mol. The fourth-order valence-electron chi connectivity index (χ4n) is 3.73. The molecule has 2 saturated heterocycles. The first-order valence-electron chi connectivity index (χ1n) is 9.39. The summed E-state index contributed by atoms with van der Waals surface area (Å²) in [7, 11) is 1.92. The third-order valence-corrected chi connectivity index (χ3v) is 5.18. The summed E-state index contributed by atoms with van der Waals surface area (Å²) >= 11 is 0. The maximum atomic E-state index is 12.3. The summed E-state index contributed by atoms with van der Waals surface area (Å²) < 4.78 is 11.1. The highest BCUT2D eigenvalue weighted by atomic mass is 16.5. The minimum absolute atomic E-state index is 0.159. The van der Waals surface area contributed by atoms with Gasteiger partial charge in [-0.2, -0.15) is 0 Å². The van der Waals surface area contributed by atoms with Crippen LogP contribution >= 0.6 is 0 Å². The number of aliphatic hydroxyl groups excluding tert-OH is 2. The van der Waals surface area contributed by atoms with Crippen molar-refractivity contribution in [3.63, 3.8) is 0 Å². The summed E-state index contributed by atoms with van der Waals surface area (Å²) in [6, 6.07) is 9.47. The second-order valence-electron chi connectivity index (χ2n) is 7.06. The van der Waals surface area contributed by atoms with Gasteiger partial charge in [-0.25, -0.2) is 4.79 Å². The lowest BCUT2D eigenvalue weighted by Gasteiger charge is -2.31. The first-order chi connectivity index (χ1) is 13.1. The number of benzene rings is 1. The van der Waals surface area contributed by atoms with Crippen LogP contribution in [0.2, 0.25) is 0 Å². The zero-order chi connectivity index (χ0) is 19.2. The molecule has 8 nitrogen and oxygen atoms in total. The maximum Gasteiger partial charge on any atom is 0.317 e. The van der Waals surface area contributed by atoms with E-state index in [0.29, 0.717) is 32.8 Å². The van der Waals surface area contributed by atoms with Crippen LogP contribution in [0.5, 0.6) is 0 Å². The molecule has 27 heavy (non-hydrogen) atoms. The molecule has 2 aliphatic rings. The van der Waals surface area contributed by atoms with E-state index in [1.54, 1.807) is 4.90 Å². The Kier molecular flexibility index (Phi) is 7.03. The molecule has 2 aliphatic heterocycles. The number of aliphatic hydroxyl groups is 2. The second kappa shape index (κ2) is 9.48. The monoisotopic (exact) mass is 379 g/mol. The Morgan fingerprint density at radius 2 is 1.96 bits per heavy atom. The van der Waals surface area contributed by atoms with E-state index in [0.717, 1.165) is 5.56 Å². The number of rotatable bonds is 6. The Morgan fingerprint density at radius 3 is 2.63 bits per heavy atom. The molecule has 3 rings (SSSR count). The molecule has 2 heterocycles. The highest BCUT2D eigenvalue weighted by Gasteiger charge is 2.45. The Bertz CT molecular complexity index is 596. The number of morpholine rings is 1. The SMILES string of the molecule is CN(Cc1ccccc1)[C@H]1[C@H](O)[C@H](CO)O[C@@H]1CNC(=O)N1CCOCC1. The molecule has 0 aliphatic carbocycles. The number of nitrogens with one attached hydrogen (secondary N) is 1. The largest absolute Gasteiger partial charge is 0.394 e. The van der Waals surface area contributed by atoms with Crippen LogP contribution in [-0.4, -0.2) is 96.9 Å². The number of amides is 2. The Morgan fingerprint density at radius 1 is 1.26 bits per heavy atom. The number of urea groups is 1. The van der Waals surface area contributed by atoms with Crippen molar-refractivity contribution >= 4 is 6.03 Å². The van der Waals surface area contributed by atoms with Gasteiger partial charge in [0.1, 0.15) is 12.2 Å². The molecule has 0 saturated carbocycles. The maximum absolute atomic E-state index is 12.3. The Hall–Kier alpha value is -1.71. The van der Waals surface area contributed by atoms with E-state index in [-0.39, 0.29) is 25.2 Å². The number of carbonyl (C=O) groups is 1. The number of ether oxygens (including phenoxy) is 2. The van der Waals surface area contributed by atoms with Gasteiger partial charge in [0.15, 0.2) is 0 Å². The van der Waals surface area contributed by atoms with Crippen LogP contribution in [0, 0.1) is 0 Å². The average molecular weight is 379 g/mol. The van der Waals surface area contributed by atoms with Crippen LogP contribution in [-0.2, 0) is 16.0 Å². The smallest absolute Gasteiger partial charge is 0.317 e. The lowest BCUT2D eigenvalue weighted by atomic mass is 10.0. The van der Waals surface area contributed by atoms with E-state index in [9.17, 15) is 15.0 Å². The van der Waals surface area contributed by atoms with Gasteiger partial charge in [-0.1, -0.05) is 30.3 Å². The standard InChI is InChI=1S/C19H29N3O5/c1-21(12-14-5-3-2-4-6-14)17-15(27-16(13-23)18(17)24)11-20-19(25)22-7-9-26-10-8-22/h2-6,15-18,23-24H,7-13H2,1H3,(H,20,25)/t15-,16+,17-,18-/m1/s1. The van der Waals surface area contributed by atoms with Crippen molar-refractivity contribution in [2.75, 3.05) is 46.5 Å². The molecule has 0 radical (unpaired) electrons. The molecular formula is C19H29N3O5. The van der Waals surface area contributed by atoms with Crippen molar-refractivity contribution in [2.24, 2.45) is 0 Å². The van der Waals surface area contributed by atoms with Gasteiger partial charge in [0.25, 0.3) is 0 Å². The predicted octanol–water partition coefficient (Wildman–Crippen LogP) is -0.351. The molecule has 0 bridgehead atoms. The lowest BCUT2D eigenvalue weighted by molar-refractivity contribution is -0.0211. The van der Waals surface area contributed by atoms with Crippen LogP contribution in [0.4, 0.5) is 4.79 Å². The number of hydrogen-bond donors (Lipinski definition) is 3. The van der Waals surface area contributed by atoms with Crippen molar-refractivity contribution in [3.8, 4) is 0 Å². The van der Waals surface area contributed by atoms with Gasteiger partial charge in [-0.15, -0.1) is 0 Å². The molecule has 150 valence electrons. The van der Waals surface area contributed by atoms with Crippen molar-refractivity contribution in [1.29, 1.82) is 0 Å². The summed E-state index contributed by atoms with van der Waals surface area (Å²) in [4.78, 5) is 16.1. The Balaban J connectivity index is 1.61. The molecule has 1 aromatic carbocycles. The topological polar surface area (TPSA) is 94.5 Å². The molecule has 0 aromatic heterocycles. The van der Waals surface area contributed by atoms with Gasteiger partial charge in [-0.05, 0) is 12.6 Å². The van der Waals surface area contributed by atoms with Gasteiger partial charge in [0.05, 0.1) is 32.0 Å². The van der Waals surface area contributed by atoms with Gasteiger partial charge in [-0.3, -0.25) is 4.90 Å². The van der Waals surface area contributed by atoms with Crippen molar-refractivity contribution in [1.82, 2.24) is 15.1 Å². The molecule has 2 amide bonds. The lowest BCUT2D eigenvalue weighted by Crippen LogP contribution is -2.52. The summed E-state index contributed by atoms with van der Waals surface area (Å²) in [5, 5.41) is 23.0. The normalized spacial score (nSPS) is 28.5. The van der Waals surface area contributed by atoms with Crippen LogP contribution in [0.3, 0.4) is 0 Å². The highest BCUT2D eigenvalue weighted by Crippen LogP contribution is 2.26. The zero-order valence-corrected chi connectivity index (χ0v) is 15.7. The van der Waals surface area contributed by atoms with Crippen molar-refractivity contribution in [2.45, 2.75) is 30.9 Å². The van der Waals surface area contributed by atoms with E-state index in [4.69, 9.17) is 9.47 Å². The van der Waals surface area contributed by atoms with E-state index in [1.807, 2.05) is 42.3 Å². The third-order valence-electron chi connectivity index (χ3n) is 5.18. The molecule has 0 unspecified atom stereocenters. The molecule has 2 fully saturated rings. The van der Waals surface area contributed by atoms with Gasteiger partial charge >= 0.3 is 6.03 Å². The minimum Gasteiger partial charge on any atom is -0.394 e. The van der Waals surface area contributed by atoms with Crippen LogP contribution in [0.25, 0.3) is 0 Å². The molecule has 1 aromatic rings. The number of likely N-dealkylation sites (N-methyl/N-ethyl adjacent to an activating group) is 1. The molecule has 3 N–H and O–H groups in total. The van der Waals surface area contributed by atoms with Gasteiger partial charge < -0.3 is 29.9 Å². The van der Waals surface area contributed by atoms with E-state index >= 15 is 0 Å². The minimum atomic E-state index is -0.825. The molecule has 8 heteroatoms. The van der Waals surface area contributed by atoms with Crippen LogP contribution in [0.1, 0.15) is 5.56 Å². The van der Waals surface area contributed by atoms with Gasteiger partial charge in [0.2, 0.25) is 0 Å². The first kappa shape index (κ1) is 20.0. The quantitative estimate of drug-likeness (QED) is 0.626. The first-order valence-corrected chi connectivity index (χ1v) is 9.39. The summed E-state index contributed by atoms with van der Waals surface area (Å²) in [5.41, 5.74) is 1.12. The summed E-state index contributed by atoms with van der Waals surface area (Å²) in [5.74, 6) is 0. The van der Waals surface area contributed by atoms with Crippen molar-refractivity contribution in [3.05, 3.63) is 35.9 Å². The van der Waals surface area contributed by atoms with Crippen LogP contribution < -0.4 is 5.32 Å².